The number of nitrogens with zero attached hydrogens (tertiary/aromatic N) is 2. The van der Waals surface area contributed by atoms with E-state index in [2.05, 4.69) is 68.2 Å². The zero-order chi connectivity index (χ0) is 12.1. The van der Waals surface area contributed by atoms with E-state index in [1.165, 1.54) is 5.56 Å². The molecule has 0 fully saturated rings. The minimum absolute atomic E-state index is 0.551. The fraction of sp³-hybridized carbons (Fsp3) is 0.692. The standard InChI is InChI=1S/C13H25N3/c1-11(2)13(10-15(3)4)14-8-12-6-7-16(5)9-12/h6-7,9,11,13-14H,8,10H2,1-5H3. The number of hydrogen-bond donors (Lipinski definition) is 1. The second-order valence-corrected chi connectivity index (χ2v) is 5.18. The van der Waals surface area contributed by atoms with Crippen LogP contribution in [0.25, 0.3) is 0 Å². The molecule has 0 aromatic carbocycles. The van der Waals surface area contributed by atoms with Crippen LogP contribution in [0.1, 0.15) is 19.4 Å². The molecule has 0 amide bonds. The first-order chi connectivity index (χ1) is 7.49. The van der Waals surface area contributed by atoms with Crippen LogP contribution in [0, 0.1) is 5.92 Å². The van der Waals surface area contributed by atoms with Crippen LogP contribution in [0.4, 0.5) is 0 Å². The molecule has 92 valence electrons. The van der Waals surface area contributed by atoms with Crippen LogP contribution in [-0.4, -0.2) is 36.1 Å². The average molecular weight is 223 g/mol. The van der Waals surface area contributed by atoms with Crippen LogP contribution in [0.2, 0.25) is 0 Å². The number of nitrogens with one attached hydrogen (secondary N) is 1. The second-order valence-electron chi connectivity index (χ2n) is 5.18. The van der Waals surface area contributed by atoms with Crippen LogP contribution in [0.3, 0.4) is 0 Å². The fourth-order valence-electron chi connectivity index (χ4n) is 1.82. The van der Waals surface area contributed by atoms with Crippen molar-refractivity contribution < 1.29 is 0 Å². The minimum Gasteiger partial charge on any atom is -0.357 e. The van der Waals surface area contributed by atoms with Crippen molar-refractivity contribution in [2.24, 2.45) is 13.0 Å². The van der Waals surface area contributed by atoms with Crippen molar-refractivity contribution in [3.63, 3.8) is 0 Å². The van der Waals surface area contributed by atoms with Crippen molar-refractivity contribution in [1.29, 1.82) is 0 Å². The molecule has 1 unspecified atom stereocenters. The molecule has 0 saturated carbocycles. The van der Waals surface area contributed by atoms with E-state index in [9.17, 15) is 0 Å². The third kappa shape index (κ3) is 4.37. The molecule has 16 heavy (non-hydrogen) atoms. The SMILES string of the molecule is CC(C)C(CN(C)C)NCc1ccn(C)c1. The summed E-state index contributed by atoms with van der Waals surface area (Å²) in [5.41, 5.74) is 1.35. The maximum atomic E-state index is 3.63. The van der Waals surface area contributed by atoms with Crippen molar-refractivity contribution in [2.45, 2.75) is 26.4 Å². The highest BCUT2D eigenvalue weighted by Gasteiger charge is 2.13. The molecule has 1 N–H and O–H groups in total. The van der Waals surface area contributed by atoms with E-state index in [1.54, 1.807) is 0 Å². The van der Waals surface area contributed by atoms with Gasteiger partial charge in [-0.15, -0.1) is 0 Å². The van der Waals surface area contributed by atoms with E-state index in [-0.39, 0.29) is 0 Å². The van der Waals surface area contributed by atoms with E-state index >= 15 is 0 Å². The van der Waals surface area contributed by atoms with Gasteiger partial charge in [0.05, 0.1) is 0 Å². The van der Waals surface area contributed by atoms with Crippen LogP contribution >= 0.6 is 0 Å². The third-order valence-corrected chi connectivity index (χ3v) is 2.83. The average Bonchev–Trinajstić information content (AvgIpc) is 2.58. The van der Waals surface area contributed by atoms with Crippen LogP contribution < -0.4 is 5.32 Å². The first kappa shape index (κ1) is 13.3. The van der Waals surface area contributed by atoms with Gasteiger partial charge >= 0.3 is 0 Å². The molecule has 0 saturated heterocycles. The molecule has 0 bridgehead atoms. The smallest absolute Gasteiger partial charge is 0.0223 e. The van der Waals surface area contributed by atoms with Gasteiger partial charge in [-0.3, -0.25) is 0 Å². The molecule has 1 atom stereocenters. The Kier molecular flexibility index (Phi) is 5.03. The second kappa shape index (κ2) is 6.06. The Morgan fingerprint density at radius 3 is 2.50 bits per heavy atom. The normalized spacial score (nSPS) is 13.7. The van der Waals surface area contributed by atoms with Crippen LogP contribution in [-0.2, 0) is 13.6 Å². The first-order valence-corrected chi connectivity index (χ1v) is 5.98. The molecule has 0 radical (unpaired) electrons. The highest BCUT2D eigenvalue weighted by molar-refractivity contribution is 5.09. The molecule has 0 aliphatic carbocycles. The van der Waals surface area contributed by atoms with Crippen LogP contribution in [0.5, 0.6) is 0 Å². The van der Waals surface area contributed by atoms with E-state index in [4.69, 9.17) is 0 Å². The maximum absolute atomic E-state index is 3.63. The maximum Gasteiger partial charge on any atom is 0.0223 e. The lowest BCUT2D eigenvalue weighted by atomic mass is 10.0. The summed E-state index contributed by atoms with van der Waals surface area (Å²) in [4.78, 5) is 2.24. The molecular weight excluding hydrogens is 198 g/mol. The lowest BCUT2D eigenvalue weighted by Gasteiger charge is -2.25. The molecular formula is C13H25N3. The highest BCUT2D eigenvalue weighted by atomic mass is 15.1. The Balaban J connectivity index is 2.43. The third-order valence-electron chi connectivity index (χ3n) is 2.83. The van der Waals surface area contributed by atoms with Crippen molar-refractivity contribution in [3.8, 4) is 0 Å². The summed E-state index contributed by atoms with van der Waals surface area (Å²) in [5.74, 6) is 0.658. The molecule has 3 nitrogen and oxygen atoms in total. The first-order valence-electron chi connectivity index (χ1n) is 5.98. The van der Waals surface area contributed by atoms with Crippen molar-refractivity contribution in [1.82, 2.24) is 14.8 Å². The Morgan fingerprint density at radius 1 is 1.38 bits per heavy atom. The molecule has 0 aliphatic rings. The molecule has 0 spiro atoms. The van der Waals surface area contributed by atoms with Gasteiger partial charge in [0.1, 0.15) is 0 Å². The summed E-state index contributed by atoms with van der Waals surface area (Å²) in [6.45, 7) is 6.58. The molecule has 1 aromatic rings. The number of hydrogen-bond acceptors (Lipinski definition) is 2. The summed E-state index contributed by atoms with van der Waals surface area (Å²) < 4.78 is 2.09. The zero-order valence-corrected chi connectivity index (χ0v) is 11.2. The number of likely N-dealkylation sites (N-methyl/N-ethyl adjacent to an activating group) is 1. The predicted molar refractivity (Wildman–Crippen MR) is 69.4 cm³/mol. The van der Waals surface area contributed by atoms with E-state index in [1.807, 2.05) is 0 Å². The summed E-state index contributed by atoms with van der Waals surface area (Å²) >= 11 is 0. The summed E-state index contributed by atoms with van der Waals surface area (Å²) in [7, 11) is 6.31. The number of rotatable bonds is 6. The van der Waals surface area contributed by atoms with Gasteiger partial charge in [0.15, 0.2) is 0 Å². The summed E-state index contributed by atoms with van der Waals surface area (Å²) in [5, 5.41) is 3.63. The molecule has 1 heterocycles. The number of aromatic nitrogens is 1. The summed E-state index contributed by atoms with van der Waals surface area (Å²) in [6.07, 6.45) is 4.26. The van der Waals surface area contributed by atoms with Gasteiger partial charge in [0.2, 0.25) is 0 Å². The van der Waals surface area contributed by atoms with E-state index in [0.717, 1.165) is 13.1 Å². The molecule has 1 aromatic heterocycles. The van der Waals surface area contributed by atoms with E-state index in [0.29, 0.717) is 12.0 Å². The van der Waals surface area contributed by atoms with Crippen LogP contribution in [0.15, 0.2) is 18.5 Å². The Hall–Kier alpha value is -0.800. The lowest BCUT2D eigenvalue weighted by Crippen LogP contribution is -2.41. The monoisotopic (exact) mass is 223 g/mol. The molecule has 1 rings (SSSR count). The molecule has 0 aliphatic heterocycles. The minimum atomic E-state index is 0.551. The highest BCUT2D eigenvalue weighted by Crippen LogP contribution is 2.05. The van der Waals surface area contributed by atoms with Gasteiger partial charge in [-0.1, -0.05) is 13.8 Å². The Morgan fingerprint density at radius 2 is 2.06 bits per heavy atom. The predicted octanol–water partition coefficient (Wildman–Crippen LogP) is 1.70. The molecule has 3 heteroatoms. The van der Waals surface area contributed by atoms with Crippen molar-refractivity contribution in [3.05, 3.63) is 24.0 Å². The van der Waals surface area contributed by atoms with Crippen molar-refractivity contribution in [2.75, 3.05) is 20.6 Å². The lowest BCUT2D eigenvalue weighted by molar-refractivity contribution is 0.288. The Labute approximate surface area is 99.4 Å². The Bertz CT molecular complexity index is 302. The zero-order valence-electron chi connectivity index (χ0n) is 11.2. The number of aryl methyl sites for hydroxylation is 1. The van der Waals surface area contributed by atoms with Gasteiger partial charge in [0.25, 0.3) is 0 Å². The quantitative estimate of drug-likeness (QED) is 0.792. The van der Waals surface area contributed by atoms with Gasteiger partial charge in [0, 0.05) is 38.6 Å². The van der Waals surface area contributed by atoms with Gasteiger partial charge in [-0.25, -0.2) is 0 Å². The van der Waals surface area contributed by atoms with Gasteiger partial charge in [-0.2, -0.15) is 0 Å². The fourth-order valence-corrected chi connectivity index (χ4v) is 1.82. The van der Waals surface area contributed by atoms with E-state index < -0.39 is 0 Å². The van der Waals surface area contributed by atoms with Gasteiger partial charge in [-0.05, 0) is 31.6 Å². The van der Waals surface area contributed by atoms with Gasteiger partial charge < -0.3 is 14.8 Å². The topological polar surface area (TPSA) is 20.2 Å². The van der Waals surface area contributed by atoms with Crippen molar-refractivity contribution >= 4 is 0 Å². The summed E-state index contributed by atoms with van der Waals surface area (Å²) in [6, 6.07) is 2.72. The largest absolute Gasteiger partial charge is 0.357 e.